The van der Waals surface area contributed by atoms with Gasteiger partial charge in [-0.1, -0.05) is 6.07 Å². The Hall–Kier alpha value is -1.75. The molecule has 1 amide bonds. The summed E-state index contributed by atoms with van der Waals surface area (Å²) < 4.78 is 10.5. The highest BCUT2D eigenvalue weighted by Gasteiger charge is 2.37. The molecule has 2 unspecified atom stereocenters. The lowest BCUT2D eigenvalue weighted by Crippen LogP contribution is -2.32. The SMILES string of the molecule is CCN1C(=O)CC(N)C1c1ccc(OC)c(OC)c1. The molecule has 1 saturated heterocycles. The molecule has 0 aromatic heterocycles. The Bertz CT molecular complexity index is 476. The Morgan fingerprint density at radius 2 is 2.00 bits per heavy atom. The maximum Gasteiger partial charge on any atom is 0.224 e. The van der Waals surface area contributed by atoms with Crippen LogP contribution in [0.3, 0.4) is 0 Å². The largest absolute Gasteiger partial charge is 0.493 e. The van der Waals surface area contributed by atoms with Crippen molar-refractivity contribution in [1.29, 1.82) is 0 Å². The smallest absolute Gasteiger partial charge is 0.224 e. The minimum atomic E-state index is -0.175. The number of benzene rings is 1. The Morgan fingerprint density at radius 3 is 2.58 bits per heavy atom. The van der Waals surface area contributed by atoms with E-state index in [1.165, 1.54) is 0 Å². The van der Waals surface area contributed by atoms with E-state index in [2.05, 4.69) is 0 Å². The number of nitrogens with two attached hydrogens (primary N) is 1. The number of likely N-dealkylation sites (tertiary alicyclic amines) is 1. The molecule has 5 heteroatoms. The van der Waals surface area contributed by atoms with Gasteiger partial charge in [0, 0.05) is 19.0 Å². The Balaban J connectivity index is 2.38. The highest BCUT2D eigenvalue weighted by molar-refractivity contribution is 5.80. The van der Waals surface area contributed by atoms with Crippen LogP contribution in [-0.2, 0) is 4.79 Å². The summed E-state index contributed by atoms with van der Waals surface area (Å²) in [5.41, 5.74) is 7.08. The molecule has 2 rings (SSSR count). The molecule has 1 aromatic carbocycles. The first-order valence-electron chi connectivity index (χ1n) is 6.39. The Labute approximate surface area is 113 Å². The van der Waals surface area contributed by atoms with Crippen molar-refractivity contribution in [2.75, 3.05) is 20.8 Å². The van der Waals surface area contributed by atoms with Gasteiger partial charge in [0.05, 0.1) is 20.3 Å². The summed E-state index contributed by atoms with van der Waals surface area (Å²) in [4.78, 5) is 13.7. The maximum atomic E-state index is 11.9. The van der Waals surface area contributed by atoms with Crippen LogP contribution >= 0.6 is 0 Å². The van der Waals surface area contributed by atoms with Crippen molar-refractivity contribution in [2.45, 2.75) is 25.4 Å². The second-order valence-corrected chi connectivity index (χ2v) is 4.61. The summed E-state index contributed by atoms with van der Waals surface area (Å²) in [6, 6.07) is 5.41. The fourth-order valence-corrected chi connectivity index (χ4v) is 2.65. The molecule has 1 aliphatic rings. The molecule has 1 aliphatic heterocycles. The second kappa shape index (κ2) is 5.48. The first kappa shape index (κ1) is 13.7. The van der Waals surface area contributed by atoms with Gasteiger partial charge in [0.25, 0.3) is 0 Å². The van der Waals surface area contributed by atoms with E-state index in [9.17, 15) is 4.79 Å². The summed E-state index contributed by atoms with van der Waals surface area (Å²) in [5, 5.41) is 0. The van der Waals surface area contributed by atoms with E-state index in [-0.39, 0.29) is 18.0 Å². The van der Waals surface area contributed by atoms with Crippen molar-refractivity contribution in [2.24, 2.45) is 5.73 Å². The van der Waals surface area contributed by atoms with Crippen LogP contribution < -0.4 is 15.2 Å². The molecule has 0 bridgehead atoms. The number of likely N-dealkylation sites (N-methyl/N-ethyl adjacent to an activating group) is 1. The number of ether oxygens (including phenoxy) is 2. The zero-order chi connectivity index (χ0) is 14.0. The van der Waals surface area contributed by atoms with Crippen molar-refractivity contribution in [1.82, 2.24) is 4.90 Å². The Kier molecular flexibility index (Phi) is 3.95. The molecule has 0 radical (unpaired) electrons. The predicted octanol–water partition coefficient (Wildman–Crippen LogP) is 1.32. The summed E-state index contributed by atoms with van der Waals surface area (Å²) >= 11 is 0. The standard InChI is InChI=1S/C14H20N2O3/c1-4-16-13(17)8-10(15)14(16)9-5-6-11(18-2)12(7-9)19-3/h5-7,10,14H,4,8,15H2,1-3H3. The monoisotopic (exact) mass is 264 g/mol. The molecule has 5 nitrogen and oxygen atoms in total. The summed E-state index contributed by atoms with van der Waals surface area (Å²) in [6.45, 7) is 2.62. The van der Waals surface area contributed by atoms with E-state index in [0.29, 0.717) is 24.5 Å². The molecule has 2 atom stereocenters. The van der Waals surface area contributed by atoms with Gasteiger partial charge in [-0.2, -0.15) is 0 Å². The zero-order valence-corrected chi connectivity index (χ0v) is 11.6. The molecule has 1 heterocycles. The summed E-state index contributed by atoms with van der Waals surface area (Å²) in [6.07, 6.45) is 0.396. The van der Waals surface area contributed by atoms with Crippen LogP contribution in [0.25, 0.3) is 0 Å². The first-order valence-corrected chi connectivity index (χ1v) is 6.39. The van der Waals surface area contributed by atoms with Crippen LogP contribution in [0.4, 0.5) is 0 Å². The summed E-state index contributed by atoms with van der Waals surface area (Å²) in [7, 11) is 3.19. The molecule has 104 valence electrons. The third kappa shape index (κ3) is 2.38. The number of amides is 1. The predicted molar refractivity (Wildman–Crippen MR) is 72.3 cm³/mol. The van der Waals surface area contributed by atoms with Crippen molar-refractivity contribution < 1.29 is 14.3 Å². The lowest BCUT2D eigenvalue weighted by Gasteiger charge is -2.26. The van der Waals surface area contributed by atoms with Gasteiger partial charge in [-0.3, -0.25) is 4.79 Å². The molecule has 0 saturated carbocycles. The van der Waals surface area contributed by atoms with Crippen molar-refractivity contribution in [3.05, 3.63) is 23.8 Å². The lowest BCUT2D eigenvalue weighted by molar-refractivity contribution is -0.128. The number of hydrogen-bond acceptors (Lipinski definition) is 4. The van der Waals surface area contributed by atoms with Gasteiger partial charge in [0.1, 0.15) is 0 Å². The van der Waals surface area contributed by atoms with Crippen LogP contribution in [0.2, 0.25) is 0 Å². The van der Waals surface area contributed by atoms with E-state index in [1.54, 1.807) is 14.2 Å². The lowest BCUT2D eigenvalue weighted by atomic mass is 10.00. The van der Waals surface area contributed by atoms with E-state index in [0.717, 1.165) is 5.56 Å². The van der Waals surface area contributed by atoms with Crippen LogP contribution in [0.15, 0.2) is 18.2 Å². The quantitative estimate of drug-likeness (QED) is 0.891. The van der Waals surface area contributed by atoms with Crippen molar-refractivity contribution >= 4 is 5.91 Å². The topological polar surface area (TPSA) is 64.8 Å². The number of rotatable bonds is 4. The number of carbonyl (C=O) groups is 1. The van der Waals surface area contributed by atoms with Crippen molar-refractivity contribution in [3.8, 4) is 11.5 Å². The highest BCUT2D eigenvalue weighted by Crippen LogP contribution is 2.36. The summed E-state index contributed by atoms with van der Waals surface area (Å²) in [5.74, 6) is 1.43. The molecular weight excluding hydrogens is 244 g/mol. The van der Waals surface area contributed by atoms with Crippen LogP contribution in [0.1, 0.15) is 24.9 Å². The fourth-order valence-electron chi connectivity index (χ4n) is 2.65. The van der Waals surface area contributed by atoms with Gasteiger partial charge < -0.3 is 20.1 Å². The minimum Gasteiger partial charge on any atom is -0.493 e. The highest BCUT2D eigenvalue weighted by atomic mass is 16.5. The molecule has 0 aliphatic carbocycles. The van der Waals surface area contributed by atoms with Gasteiger partial charge in [-0.15, -0.1) is 0 Å². The average molecular weight is 264 g/mol. The van der Waals surface area contributed by atoms with E-state index >= 15 is 0 Å². The average Bonchev–Trinajstić information content (AvgIpc) is 2.71. The molecule has 1 fully saturated rings. The van der Waals surface area contributed by atoms with E-state index < -0.39 is 0 Å². The first-order chi connectivity index (χ1) is 9.12. The molecule has 0 spiro atoms. The molecule has 2 N–H and O–H groups in total. The van der Waals surface area contributed by atoms with Crippen LogP contribution in [-0.4, -0.2) is 37.6 Å². The van der Waals surface area contributed by atoms with E-state index in [1.807, 2.05) is 30.0 Å². The maximum absolute atomic E-state index is 11.9. The van der Waals surface area contributed by atoms with Gasteiger partial charge in [0.2, 0.25) is 5.91 Å². The zero-order valence-electron chi connectivity index (χ0n) is 11.6. The van der Waals surface area contributed by atoms with Gasteiger partial charge in [-0.05, 0) is 24.6 Å². The van der Waals surface area contributed by atoms with E-state index in [4.69, 9.17) is 15.2 Å². The third-order valence-electron chi connectivity index (χ3n) is 3.56. The van der Waals surface area contributed by atoms with Gasteiger partial charge >= 0.3 is 0 Å². The number of nitrogens with zero attached hydrogens (tertiary/aromatic N) is 1. The second-order valence-electron chi connectivity index (χ2n) is 4.61. The molecule has 1 aromatic rings. The van der Waals surface area contributed by atoms with Crippen molar-refractivity contribution in [3.63, 3.8) is 0 Å². The van der Waals surface area contributed by atoms with Gasteiger partial charge in [-0.25, -0.2) is 0 Å². The third-order valence-corrected chi connectivity index (χ3v) is 3.56. The normalized spacial score (nSPS) is 22.7. The number of methoxy groups -OCH3 is 2. The molecular formula is C14H20N2O3. The fraction of sp³-hybridized carbons (Fsp3) is 0.500. The number of hydrogen-bond donors (Lipinski definition) is 1. The number of carbonyl (C=O) groups excluding carboxylic acids is 1. The van der Waals surface area contributed by atoms with Crippen LogP contribution in [0, 0.1) is 0 Å². The molecule has 19 heavy (non-hydrogen) atoms. The van der Waals surface area contributed by atoms with Crippen LogP contribution in [0.5, 0.6) is 11.5 Å². The van der Waals surface area contributed by atoms with Gasteiger partial charge in [0.15, 0.2) is 11.5 Å². The minimum absolute atomic E-state index is 0.0858. The Morgan fingerprint density at radius 1 is 1.32 bits per heavy atom.